The van der Waals surface area contributed by atoms with E-state index < -0.39 is 0 Å². The molecule has 0 saturated carbocycles. The van der Waals surface area contributed by atoms with E-state index in [1.807, 2.05) is 6.92 Å². The number of hydrogen-bond acceptors (Lipinski definition) is 2. The number of aliphatic imine (C=N–C) groups is 1. The van der Waals surface area contributed by atoms with E-state index in [4.69, 9.17) is 0 Å². The number of carbonyl (C=O) groups is 1. The minimum Gasteiger partial charge on any atom is -0.357 e. The molecule has 0 fully saturated rings. The van der Waals surface area contributed by atoms with E-state index in [0.29, 0.717) is 0 Å². The Morgan fingerprint density at radius 3 is 2.39 bits per heavy atom. The Morgan fingerprint density at radius 1 is 1.11 bits per heavy atom. The fourth-order valence-corrected chi connectivity index (χ4v) is 1.39. The molecule has 0 saturated heterocycles. The van der Waals surface area contributed by atoms with Crippen LogP contribution in [0.25, 0.3) is 0 Å². The van der Waals surface area contributed by atoms with Crippen molar-refractivity contribution in [3.05, 3.63) is 0 Å². The van der Waals surface area contributed by atoms with E-state index in [2.05, 4.69) is 22.5 Å². The first-order chi connectivity index (χ1) is 8.61. The molecule has 106 valence electrons. The van der Waals surface area contributed by atoms with Gasteiger partial charge in [-0.15, -0.1) is 0 Å². The number of guanidine groups is 1. The highest BCUT2D eigenvalue weighted by atomic mass is 16.2. The monoisotopic (exact) mass is 256 g/mol. The summed E-state index contributed by atoms with van der Waals surface area (Å²) in [5.41, 5.74) is 0. The van der Waals surface area contributed by atoms with Crippen LogP contribution in [0, 0.1) is 0 Å². The van der Waals surface area contributed by atoms with Gasteiger partial charge in [-0.3, -0.25) is 4.79 Å². The molecule has 0 radical (unpaired) electrons. The molecule has 0 aliphatic rings. The third-order valence-corrected chi connectivity index (χ3v) is 2.54. The van der Waals surface area contributed by atoms with Crippen LogP contribution < -0.4 is 10.6 Å². The molecule has 0 aliphatic carbocycles. The maximum atomic E-state index is 11.4. The molecule has 18 heavy (non-hydrogen) atoms. The van der Waals surface area contributed by atoms with Crippen LogP contribution in [-0.4, -0.2) is 50.5 Å². The molecule has 2 N–H and O–H groups in total. The number of carbonyl (C=O) groups excluding carboxylic acids is 1. The van der Waals surface area contributed by atoms with Crippen LogP contribution >= 0.6 is 0 Å². The van der Waals surface area contributed by atoms with Crippen molar-refractivity contribution < 1.29 is 4.79 Å². The number of unbranched alkanes of at least 4 members (excludes halogenated alkanes) is 3. The van der Waals surface area contributed by atoms with Crippen molar-refractivity contribution in [2.75, 3.05) is 33.7 Å². The van der Waals surface area contributed by atoms with Gasteiger partial charge in [0.05, 0.1) is 0 Å². The van der Waals surface area contributed by atoms with Crippen LogP contribution in [0.5, 0.6) is 0 Å². The van der Waals surface area contributed by atoms with Gasteiger partial charge in [0.25, 0.3) is 0 Å². The van der Waals surface area contributed by atoms with E-state index in [9.17, 15) is 4.79 Å². The lowest BCUT2D eigenvalue weighted by atomic mass is 10.2. The first-order valence-electron chi connectivity index (χ1n) is 6.84. The molecule has 0 atom stereocenters. The molecule has 5 nitrogen and oxygen atoms in total. The normalized spacial score (nSPS) is 11.2. The Kier molecular flexibility index (Phi) is 10.1. The average Bonchev–Trinajstić information content (AvgIpc) is 2.34. The Balaban J connectivity index is 3.97. The van der Waals surface area contributed by atoms with Gasteiger partial charge in [-0.25, -0.2) is 4.99 Å². The topological polar surface area (TPSA) is 56.7 Å². The van der Waals surface area contributed by atoms with Crippen molar-refractivity contribution in [2.24, 2.45) is 4.99 Å². The average molecular weight is 256 g/mol. The second-order valence-electron chi connectivity index (χ2n) is 4.47. The molecule has 5 heteroatoms. The molecule has 0 unspecified atom stereocenters. The van der Waals surface area contributed by atoms with E-state index >= 15 is 0 Å². The zero-order valence-corrected chi connectivity index (χ0v) is 12.3. The third kappa shape index (κ3) is 8.84. The van der Waals surface area contributed by atoms with Crippen LogP contribution in [0.2, 0.25) is 0 Å². The highest BCUT2D eigenvalue weighted by Crippen LogP contribution is 1.96. The quantitative estimate of drug-likeness (QED) is 0.390. The van der Waals surface area contributed by atoms with Gasteiger partial charge in [0.15, 0.2) is 5.96 Å². The van der Waals surface area contributed by atoms with Gasteiger partial charge >= 0.3 is 0 Å². The lowest BCUT2D eigenvalue weighted by Gasteiger charge is -2.12. The van der Waals surface area contributed by atoms with Crippen LogP contribution in [-0.2, 0) is 4.79 Å². The van der Waals surface area contributed by atoms with Gasteiger partial charge in [0, 0.05) is 27.2 Å². The van der Waals surface area contributed by atoms with Gasteiger partial charge in [-0.2, -0.15) is 0 Å². The van der Waals surface area contributed by atoms with E-state index in [1.54, 1.807) is 19.0 Å². The highest BCUT2D eigenvalue weighted by Gasteiger charge is 2.03. The van der Waals surface area contributed by atoms with Crippen LogP contribution in [0.1, 0.15) is 39.5 Å². The summed E-state index contributed by atoms with van der Waals surface area (Å²) in [6.07, 6.45) is 4.89. The van der Waals surface area contributed by atoms with Gasteiger partial charge in [0.1, 0.15) is 6.54 Å². The largest absolute Gasteiger partial charge is 0.357 e. The van der Waals surface area contributed by atoms with E-state index in [1.165, 1.54) is 19.3 Å². The Morgan fingerprint density at radius 2 is 1.83 bits per heavy atom. The molecule has 0 spiro atoms. The van der Waals surface area contributed by atoms with Crippen molar-refractivity contribution in [3.8, 4) is 0 Å². The zero-order chi connectivity index (χ0) is 13.8. The Labute approximate surface area is 111 Å². The standard InChI is InChI=1S/C13H28N4O/c1-5-7-8-9-10-15-13(14-6-2)16-11-12(18)17(3)4/h5-11H2,1-4H3,(H2,14,15,16). The summed E-state index contributed by atoms with van der Waals surface area (Å²) in [5, 5.41) is 6.38. The summed E-state index contributed by atoms with van der Waals surface area (Å²) >= 11 is 0. The second-order valence-corrected chi connectivity index (χ2v) is 4.47. The molecule has 0 aromatic heterocycles. The van der Waals surface area contributed by atoms with Crippen molar-refractivity contribution in [2.45, 2.75) is 39.5 Å². The summed E-state index contributed by atoms with van der Waals surface area (Å²) in [7, 11) is 3.48. The van der Waals surface area contributed by atoms with Crippen LogP contribution in [0.3, 0.4) is 0 Å². The summed E-state index contributed by atoms with van der Waals surface area (Å²) in [6, 6.07) is 0. The fraction of sp³-hybridized carbons (Fsp3) is 0.846. The molecule has 0 aromatic rings. The molecule has 0 aromatic carbocycles. The van der Waals surface area contributed by atoms with Gasteiger partial charge in [-0.1, -0.05) is 26.2 Å². The van der Waals surface area contributed by atoms with Gasteiger partial charge in [-0.05, 0) is 13.3 Å². The minimum atomic E-state index is 0.0122. The predicted octanol–water partition coefficient (Wildman–Crippen LogP) is 1.21. The van der Waals surface area contributed by atoms with Gasteiger partial charge in [0.2, 0.25) is 5.91 Å². The number of nitrogens with zero attached hydrogens (tertiary/aromatic N) is 2. The Bertz CT molecular complexity index is 251. The maximum Gasteiger partial charge on any atom is 0.243 e. The predicted molar refractivity (Wildman–Crippen MR) is 76.8 cm³/mol. The fourth-order valence-electron chi connectivity index (χ4n) is 1.39. The molecule has 0 aliphatic heterocycles. The van der Waals surface area contributed by atoms with Crippen LogP contribution in [0.4, 0.5) is 0 Å². The molecular weight excluding hydrogens is 228 g/mol. The Hall–Kier alpha value is -1.26. The first-order valence-corrected chi connectivity index (χ1v) is 6.84. The number of nitrogens with one attached hydrogen (secondary N) is 2. The molecular formula is C13H28N4O. The van der Waals surface area contributed by atoms with Crippen molar-refractivity contribution in [3.63, 3.8) is 0 Å². The first kappa shape index (κ1) is 16.7. The molecule has 0 rings (SSSR count). The van der Waals surface area contributed by atoms with Crippen LogP contribution in [0.15, 0.2) is 4.99 Å². The summed E-state index contributed by atoms with van der Waals surface area (Å²) in [4.78, 5) is 17.2. The van der Waals surface area contributed by atoms with E-state index in [-0.39, 0.29) is 12.5 Å². The summed E-state index contributed by atoms with van der Waals surface area (Å²) in [6.45, 7) is 6.12. The lowest BCUT2D eigenvalue weighted by Crippen LogP contribution is -2.38. The second kappa shape index (κ2) is 10.9. The molecule has 0 heterocycles. The van der Waals surface area contributed by atoms with Crippen molar-refractivity contribution >= 4 is 11.9 Å². The highest BCUT2D eigenvalue weighted by molar-refractivity contribution is 5.84. The number of likely N-dealkylation sites (N-methyl/N-ethyl adjacent to an activating group) is 1. The molecule has 0 bridgehead atoms. The summed E-state index contributed by atoms with van der Waals surface area (Å²) < 4.78 is 0. The SMILES string of the molecule is CCCCCCNC(=NCC(=O)N(C)C)NCC. The smallest absolute Gasteiger partial charge is 0.243 e. The van der Waals surface area contributed by atoms with Gasteiger partial charge < -0.3 is 15.5 Å². The number of amides is 1. The number of hydrogen-bond donors (Lipinski definition) is 2. The lowest BCUT2D eigenvalue weighted by molar-refractivity contribution is -0.127. The summed E-state index contributed by atoms with van der Waals surface area (Å²) in [5.74, 6) is 0.738. The third-order valence-electron chi connectivity index (χ3n) is 2.54. The number of rotatable bonds is 8. The van der Waals surface area contributed by atoms with E-state index in [0.717, 1.165) is 25.5 Å². The van der Waals surface area contributed by atoms with Crippen molar-refractivity contribution in [1.82, 2.24) is 15.5 Å². The van der Waals surface area contributed by atoms with Crippen molar-refractivity contribution in [1.29, 1.82) is 0 Å². The molecule has 1 amide bonds. The zero-order valence-electron chi connectivity index (χ0n) is 12.3. The minimum absolute atomic E-state index is 0.0122. The maximum absolute atomic E-state index is 11.4.